The van der Waals surface area contributed by atoms with Gasteiger partial charge in [-0.1, -0.05) is 12.1 Å². The second kappa shape index (κ2) is 5.10. The van der Waals surface area contributed by atoms with Gasteiger partial charge in [-0.25, -0.2) is 0 Å². The number of ether oxygens (including phenoxy) is 1. The Labute approximate surface area is 105 Å². The van der Waals surface area contributed by atoms with Crippen LogP contribution in [0.5, 0.6) is 0 Å². The van der Waals surface area contributed by atoms with Crippen LogP contribution >= 0.6 is 11.8 Å². The Hall–Kier alpha value is -1.000. The van der Waals surface area contributed by atoms with Gasteiger partial charge in [0.05, 0.1) is 18.3 Å². The van der Waals surface area contributed by atoms with Crippen LogP contribution in [0.3, 0.4) is 0 Å². The van der Waals surface area contributed by atoms with Gasteiger partial charge in [-0.15, -0.1) is 0 Å². The third kappa shape index (κ3) is 2.64. The number of hydrogen-bond acceptors (Lipinski definition) is 3. The van der Waals surface area contributed by atoms with E-state index in [-0.39, 0.29) is 0 Å². The molecule has 1 aromatic carbocycles. The van der Waals surface area contributed by atoms with Gasteiger partial charge in [0.25, 0.3) is 0 Å². The fraction of sp³-hybridized carbons (Fsp3) is 0.462. The number of fused-ring (bicyclic) bond motifs is 1. The molecule has 4 heteroatoms. The fourth-order valence-corrected chi connectivity index (χ4v) is 3.26. The number of aromatic nitrogens is 2. The Balaban J connectivity index is 1.63. The highest BCUT2D eigenvalue weighted by Gasteiger charge is 2.14. The summed E-state index contributed by atoms with van der Waals surface area (Å²) in [4.78, 5) is 0. The maximum absolute atomic E-state index is 5.49. The van der Waals surface area contributed by atoms with Gasteiger partial charge >= 0.3 is 0 Å². The van der Waals surface area contributed by atoms with Crippen molar-refractivity contribution >= 4 is 22.7 Å². The Morgan fingerprint density at radius 2 is 2.47 bits per heavy atom. The molecule has 1 N–H and O–H groups in total. The third-order valence-electron chi connectivity index (χ3n) is 3.11. The molecule has 0 spiro atoms. The zero-order valence-electron chi connectivity index (χ0n) is 9.69. The highest BCUT2D eigenvalue weighted by molar-refractivity contribution is 7.99. The van der Waals surface area contributed by atoms with Gasteiger partial charge in [-0.05, 0) is 24.5 Å². The lowest BCUT2D eigenvalue weighted by Crippen LogP contribution is -2.19. The molecule has 1 fully saturated rings. The second-order valence-electron chi connectivity index (χ2n) is 4.44. The summed E-state index contributed by atoms with van der Waals surface area (Å²) in [6, 6.07) is 6.51. The summed E-state index contributed by atoms with van der Waals surface area (Å²) >= 11 is 2.00. The molecule has 2 aromatic rings. The number of H-pyrrole nitrogens is 1. The van der Waals surface area contributed by atoms with Gasteiger partial charge in [0.1, 0.15) is 0 Å². The van der Waals surface area contributed by atoms with E-state index in [1.807, 2.05) is 18.0 Å². The number of benzene rings is 1. The third-order valence-corrected chi connectivity index (χ3v) is 4.45. The van der Waals surface area contributed by atoms with Crippen molar-refractivity contribution in [1.29, 1.82) is 0 Å². The summed E-state index contributed by atoms with van der Waals surface area (Å²) in [7, 11) is 0. The van der Waals surface area contributed by atoms with Gasteiger partial charge in [0.15, 0.2) is 0 Å². The molecule has 0 aliphatic carbocycles. The predicted molar refractivity (Wildman–Crippen MR) is 71.2 cm³/mol. The number of aromatic amines is 1. The molecule has 90 valence electrons. The topological polar surface area (TPSA) is 37.9 Å². The van der Waals surface area contributed by atoms with Crippen LogP contribution in [-0.2, 0) is 10.5 Å². The molecule has 0 amide bonds. The van der Waals surface area contributed by atoms with Crippen molar-refractivity contribution in [2.45, 2.75) is 23.8 Å². The van der Waals surface area contributed by atoms with Crippen LogP contribution in [0.15, 0.2) is 24.4 Å². The van der Waals surface area contributed by atoms with E-state index in [0.29, 0.717) is 5.25 Å². The summed E-state index contributed by atoms with van der Waals surface area (Å²) in [5.74, 6) is 1.06. The van der Waals surface area contributed by atoms with Gasteiger partial charge in [0.2, 0.25) is 0 Å². The quantitative estimate of drug-likeness (QED) is 0.907. The average Bonchev–Trinajstić information content (AvgIpc) is 2.85. The summed E-state index contributed by atoms with van der Waals surface area (Å²) in [5.41, 5.74) is 2.49. The molecule has 3 rings (SSSR count). The SMILES string of the molecule is c1cc2cn[nH]c2cc1CSC1CCCOC1. The molecule has 1 atom stereocenters. The molecular weight excluding hydrogens is 232 g/mol. The summed E-state index contributed by atoms with van der Waals surface area (Å²) in [6.07, 6.45) is 4.36. The fourth-order valence-electron chi connectivity index (χ4n) is 2.13. The van der Waals surface area contributed by atoms with Crippen LogP contribution in [0, 0.1) is 0 Å². The van der Waals surface area contributed by atoms with E-state index in [2.05, 4.69) is 28.4 Å². The molecular formula is C13H16N2OS. The standard InChI is InChI=1S/C13H16N2OS/c1-2-12(8-16-5-1)17-9-10-3-4-11-7-14-15-13(11)6-10/h3-4,6-7,12H,1-2,5,8-9H2,(H,14,15). The molecule has 0 radical (unpaired) electrons. The summed E-state index contributed by atoms with van der Waals surface area (Å²) in [5, 5.41) is 8.90. The molecule has 1 aliphatic rings. The van der Waals surface area contributed by atoms with E-state index in [1.54, 1.807) is 0 Å². The van der Waals surface area contributed by atoms with Gasteiger partial charge in [0, 0.05) is 23.0 Å². The number of hydrogen-bond donors (Lipinski definition) is 1. The van der Waals surface area contributed by atoms with Crippen LogP contribution in [0.2, 0.25) is 0 Å². The summed E-state index contributed by atoms with van der Waals surface area (Å²) in [6.45, 7) is 1.86. The number of nitrogens with one attached hydrogen (secondary N) is 1. The first-order chi connectivity index (χ1) is 8.42. The van der Waals surface area contributed by atoms with Crippen molar-refractivity contribution in [3.63, 3.8) is 0 Å². The largest absolute Gasteiger partial charge is 0.380 e. The van der Waals surface area contributed by atoms with Crippen LogP contribution in [0.1, 0.15) is 18.4 Å². The monoisotopic (exact) mass is 248 g/mol. The summed E-state index contributed by atoms with van der Waals surface area (Å²) < 4.78 is 5.49. The van der Waals surface area contributed by atoms with Crippen molar-refractivity contribution in [3.05, 3.63) is 30.0 Å². The molecule has 1 unspecified atom stereocenters. The Morgan fingerprint density at radius 1 is 1.47 bits per heavy atom. The van der Waals surface area contributed by atoms with Crippen molar-refractivity contribution in [3.8, 4) is 0 Å². The molecule has 1 aromatic heterocycles. The van der Waals surface area contributed by atoms with Crippen molar-refractivity contribution in [2.24, 2.45) is 0 Å². The highest BCUT2D eigenvalue weighted by Crippen LogP contribution is 2.25. The number of nitrogens with zero attached hydrogens (tertiary/aromatic N) is 1. The van der Waals surface area contributed by atoms with Crippen LogP contribution < -0.4 is 0 Å². The Morgan fingerprint density at radius 3 is 3.35 bits per heavy atom. The van der Waals surface area contributed by atoms with E-state index in [4.69, 9.17) is 4.74 Å². The number of rotatable bonds is 3. The molecule has 0 saturated carbocycles. The lowest BCUT2D eigenvalue weighted by atomic mass is 10.2. The molecule has 17 heavy (non-hydrogen) atoms. The van der Waals surface area contributed by atoms with Crippen molar-refractivity contribution in [1.82, 2.24) is 10.2 Å². The van der Waals surface area contributed by atoms with Crippen LogP contribution in [-0.4, -0.2) is 28.7 Å². The minimum Gasteiger partial charge on any atom is -0.380 e. The van der Waals surface area contributed by atoms with E-state index in [9.17, 15) is 0 Å². The highest BCUT2D eigenvalue weighted by atomic mass is 32.2. The van der Waals surface area contributed by atoms with E-state index >= 15 is 0 Å². The predicted octanol–water partition coefficient (Wildman–Crippen LogP) is 2.98. The molecule has 3 nitrogen and oxygen atoms in total. The maximum atomic E-state index is 5.49. The maximum Gasteiger partial charge on any atom is 0.0653 e. The van der Waals surface area contributed by atoms with Crippen molar-refractivity contribution in [2.75, 3.05) is 13.2 Å². The first-order valence-corrected chi connectivity index (χ1v) is 7.08. The first-order valence-electron chi connectivity index (χ1n) is 6.03. The molecule has 2 heterocycles. The van der Waals surface area contributed by atoms with E-state index < -0.39 is 0 Å². The molecule has 1 saturated heterocycles. The normalized spacial score (nSPS) is 20.8. The smallest absolute Gasteiger partial charge is 0.0653 e. The lowest BCUT2D eigenvalue weighted by molar-refractivity contribution is 0.101. The average molecular weight is 248 g/mol. The Bertz CT molecular complexity index is 491. The lowest BCUT2D eigenvalue weighted by Gasteiger charge is -2.21. The van der Waals surface area contributed by atoms with Crippen LogP contribution in [0.4, 0.5) is 0 Å². The van der Waals surface area contributed by atoms with Gasteiger partial charge < -0.3 is 4.74 Å². The molecule has 1 aliphatic heterocycles. The minimum absolute atomic E-state index is 0.668. The van der Waals surface area contributed by atoms with E-state index in [1.165, 1.54) is 23.8 Å². The number of thioether (sulfide) groups is 1. The first kappa shape index (κ1) is 11.1. The van der Waals surface area contributed by atoms with E-state index in [0.717, 1.165) is 24.5 Å². The van der Waals surface area contributed by atoms with Crippen molar-refractivity contribution < 1.29 is 4.74 Å². The zero-order valence-corrected chi connectivity index (χ0v) is 10.5. The van der Waals surface area contributed by atoms with Gasteiger partial charge in [-0.3, -0.25) is 5.10 Å². The Kier molecular flexibility index (Phi) is 3.34. The zero-order chi connectivity index (χ0) is 11.5. The van der Waals surface area contributed by atoms with Gasteiger partial charge in [-0.2, -0.15) is 16.9 Å². The second-order valence-corrected chi connectivity index (χ2v) is 5.73. The molecule has 0 bridgehead atoms. The van der Waals surface area contributed by atoms with Crippen LogP contribution in [0.25, 0.3) is 10.9 Å². The minimum atomic E-state index is 0.668.